The monoisotopic (exact) mass is 355 g/mol. The molecule has 2 saturated carbocycles. The average molecular weight is 355 g/mol. The first kappa shape index (κ1) is 17.0. The summed E-state index contributed by atoms with van der Waals surface area (Å²) in [5.74, 6) is 1.48. The van der Waals surface area contributed by atoms with Gasteiger partial charge >= 0.3 is 5.97 Å². The van der Waals surface area contributed by atoms with Crippen molar-refractivity contribution in [3.63, 3.8) is 0 Å². The first-order chi connectivity index (χ1) is 12.6. The lowest BCUT2D eigenvalue weighted by molar-refractivity contribution is 0.0525. The molecule has 1 unspecified atom stereocenters. The highest BCUT2D eigenvalue weighted by Gasteiger charge is 2.39. The Balaban J connectivity index is 1.45. The minimum atomic E-state index is -0.687. The van der Waals surface area contributed by atoms with Gasteiger partial charge in [-0.3, -0.25) is 0 Å². The summed E-state index contributed by atoms with van der Waals surface area (Å²) in [7, 11) is 0. The molecule has 0 saturated heterocycles. The Morgan fingerprint density at radius 3 is 2.65 bits per heavy atom. The first-order valence-electron chi connectivity index (χ1n) is 9.24. The highest BCUT2D eigenvalue weighted by molar-refractivity contribution is 5.89. The number of ether oxygens (including phenoxy) is 2. The fourth-order valence-corrected chi connectivity index (χ4v) is 4.37. The number of esters is 1. The van der Waals surface area contributed by atoms with Gasteiger partial charge in [-0.15, -0.1) is 0 Å². The molecule has 2 aliphatic carbocycles. The maximum absolute atomic E-state index is 14.2. The van der Waals surface area contributed by atoms with E-state index in [9.17, 15) is 9.18 Å². The number of nitrogens with zero attached hydrogens (tertiary/aromatic N) is 1. The Morgan fingerprint density at radius 2 is 2.04 bits per heavy atom. The first-order valence-corrected chi connectivity index (χ1v) is 9.24. The molecule has 4 nitrogen and oxygen atoms in total. The third-order valence-corrected chi connectivity index (χ3v) is 5.58. The highest BCUT2D eigenvalue weighted by Crippen LogP contribution is 2.52. The molecule has 5 heteroatoms. The number of rotatable bonds is 5. The van der Waals surface area contributed by atoms with Gasteiger partial charge in [0.25, 0.3) is 5.88 Å². The lowest BCUT2D eigenvalue weighted by atomic mass is 9.83. The second-order valence-corrected chi connectivity index (χ2v) is 7.18. The maximum atomic E-state index is 14.2. The van der Waals surface area contributed by atoms with E-state index in [4.69, 9.17) is 9.47 Å². The van der Waals surface area contributed by atoms with Crippen molar-refractivity contribution in [3.8, 4) is 11.6 Å². The van der Waals surface area contributed by atoms with Crippen molar-refractivity contribution in [1.82, 2.24) is 4.98 Å². The van der Waals surface area contributed by atoms with Crippen LogP contribution in [0.5, 0.6) is 11.6 Å². The second kappa shape index (κ2) is 7.06. The molecule has 0 spiro atoms. The molecule has 2 bridgehead atoms. The summed E-state index contributed by atoms with van der Waals surface area (Å²) in [5.41, 5.74) is 1.42. The molecule has 1 aromatic carbocycles. The molecule has 26 heavy (non-hydrogen) atoms. The summed E-state index contributed by atoms with van der Waals surface area (Å²) in [6.07, 6.45) is 6.64. The van der Waals surface area contributed by atoms with E-state index < -0.39 is 11.8 Å². The molecule has 1 aromatic heterocycles. The number of benzene rings is 1. The van der Waals surface area contributed by atoms with Crippen LogP contribution in [0.1, 0.15) is 54.4 Å². The molecule has 2 fully saturated rings. The highest BCUT2D eigenvalue weighted by atomic mass is 19.1. The van der Waals surface area contributed by atoms with Gasteiger partial charge in [-0.1, -0.05) is 18.6 Å². The molecule has 4 rings (SSSR count). The van der Waals surface area contributed by atoms with Crippen molar-refractivity contribution in [2.75, 3.05) is 6.61 Å². The molecule has 1 heterocycles. The molecule has 0 radical (unpaired) electrons. The van der Waals surface area contributed by atoms with Crippen LogP contribution in [0.2, 0.25) is 0 Å². The summed E-state index contributed by atoms with van der Waals surface area (Å²) < 4.78 is 24.6. The van der Waals surface area contributed by atoms with Crippen molar-refractivity contribution in [2.45, 2.75) is 38.5 Å². The quantitative estimate of drug-likeness (QED) is 0.701. The normalized spacial score (nSPS) is 23.8. The van der Waals surface area contributed by atoms with Gasteiger partial charge in [-0.05, 0) is 67.7 Å². The van der Waals surface area contributed by atoms with Gasteiger partial charge < -0.3 is 9.47 Å². The zero-order valence-corrected chi connectivity index (χ0v) is 14.8. The molecule has 3 atom stereocenters. The lowest BCUT2D eigenvalue weighted by Gasteiger charge is -2.22. The second-order valence-electron chi connectivity index (χ2n) is 7.18. The van der Waals surface area contributed by atoms with Crippen LogP contribution in [-0.4, -0.2) is 17.6 Å². The fraction of sp³-hybridized carbons (Fsp3) is 0.429. The molecule has 2 aromatic rings. The van der Waals surface area contributed by atoms with Gasteiger partial charge in [-0.2, -0.15) is 0 Å². The van der Waals surface area contributed by atoms with Gasteiger partial charge in [0.1, 0.15) is 5.75 Å². The van der Waals surface area contributed by atoms with Crippen LogP contribution < -0.4 is 4.74 Å². The van der Waals surface area contributed by atoms with Crippen LogP contribution in [0.15, 0.2) is 36.5 Å². The summed E-state index contributed by atoms with van der Waals surface area (Å²) >= 11 is 0. The number of aromatic nitrogens is 1. The number of pyridine rings is 1. The van der Waals surface area contributed by atoms with Crippen molar-refractivity contribution in [2.24, 2.45) is 11.8 Å². The summed E-state index contributed by atoms with van der Waals surface area (Å²) in [4.78, 5) is 15.5. The van der Waals surface area contributed by atoms with Crippen LogP contribution in [0, 0.1) is 17.7 Å². The zero-order chi connectivity index (χ0) is 18.1. The molecule has 0 N–H and O–H groups in total. The van der Waals surface area contributed by atoms with Crippen LogP contribution in [0.4, 0.5) is 4.39 Å². The van der Waals surface area contributed by atoms with Crippen LogP contribution >= 0.6 is 0 Å². The van der Waals surface area contributed by atoms with Gasteiger partial charge in [0.15, 0.2) is 5.82 Å². The molecule has 136 valence electrons. The Morgan fingerprint density at radius 1 is 1.23 bits per heavy atom. The minimum absolute atomic E-state index is 0.0725. The molecule has 2 aliphatic rings. The van der Waals surface area contributed by atoms with Gasteiger partial charge in [0, 0.05) is 6.20 Å². The van der Waals surface area contributed by atoms with Crippen LogP contribution in [-0.2, 0) is 4.74 Å². The third kappa shape index (κ3) is 3.30. The van der Waals surface area contributed by atoms with Crippen molar-refractivity contribution >= 4 is 5.97 Å². The summed E-state index contributed by atoms with van der Waals surface area (Å²) in [6.45, 7) is 1.92. The molecular weight excluding hydrogens is 333 g/mol. The van der Waals surface area contributed by atoms with Crippen molar-refractivity contribution in [3.05, 3.63) is 53.5 Å². The number of hydrogen-bond donors (Lipinski definition) is 0. The summed E-state index contributed by atoms with van der Waals surface area (Å²) in [5, 5.41) is 0. The number of hydrogen-bond acceptors (Lipinski definition) is 4. The smallest absolute Gasteiger partial charge is 0.339 e. The van der Waals surface area contributed by atoms with Crippen LogP contribution in [0.3, 0.4) is 0 Å². The Kier molecular flexibility index (Phi) is 4.62. The summed E-state index contributed by atoms with van der Waals surface area (Å²) in [6, 6.07) is 8.96. The Labute approximate surface area is 152 Å². The molecular formula is C21H22FNO3. The number of halogens is 1. The topological polar surface area (TPSA) is 48.4 Å². The van der Waals surface area contributed by atoms with E-state index >= 15 is 0 Å². The fourth-order valence-electron chi connectivity index (χ4n) is 4.37. The van der Waals surface area contributed by atoms with E-state index in [0.29, 0.717) is 11.7 Å². The van der Waals surface area contributed by atoms with Crippen LogP contribution in [0.25, 0.3) is 0 Å². The van der Waals surface area contributed by atoms with Gasteiger partial charge in [0.05, 0.1) is 12.2 Å². The van der Waals surface area contributed by atoms with E-state index in [0.717, 1.165) is 17.9 Å². The average Bonchev–Trinajstić information content (AvgIpc) is 3.27. The van der Waals surface area contributed by atoms with Crippen molar-refractivity contribution in [1.29, 1.82) is 0 Å². The van der Waals surface area contributed by atoms with E-state index in [2.05, 4.69) is 17.1 Å². The predicted molar refractivity (Wildman–Crippen MR) is 94.9 cm³/mol. The van der Waals surface area contributed by atoms with E-state index in [1.807, 2.05) is 12.1 Å². The van der Waals surface area contributed by atoms with E-state index in [1.165, 1.54) is 37.4 Å². The van der Waals surface area contributed by atoms with E-state index in [1.54, 1.807) is 6.92 Å². The predicted octanol–water partition coefficient (Wildman–Crippen LogP) is 5.09. The number of carbonyl (C=O) groups excluding carboxylic acids is 1. The minimum Gasteiger partial charge on any atom is -0.462 e. The van der Waals surface area contributed by atoms with E-state index in [-0.39, 0.29) is 18.1 Å². The number of fused-ring (bicyclic) bond motifs is 2. The van der Waals surface area contributed by atoms with Gasteiger partial charge in [0.2, 0.25) is 0 Å². The third-order valence-electron chi connectivity index (χ3n) is 5.58. The largest absolute Gasteiger partial charge is 0.462 e. The Bertz CT molecular complexity index is 805. The standard InChI is InChI=1S/C21H22FNO3/c1-2-25-21(24)16-11-19(22)20(23-12-16)26-17-7-5-14(6-8-17)18-10-13-3-4-15(18)9-13/h5-8,11-13,15,18H,2-4,9-10H2,1H3/t13-,15+,18?/m1/s1. The lowest BCUT2D eigenvalue weighted by Crippen LogP contribution is -2.08. The van der Waals surface area contributed by atoms with Gasteiger partial charge in [-0.25, -0.2) is 14.2 Å². The Hall–Kier alpha value is -2.43. The van der Waals surface area contributed by atoms with Crippen molar-refractivity contribution < 1.29 is 18.7 Å². The molecule has 0 aliphatic heterocycles. The maximum Gasteiger partial charge on any atom is 0.339 e. The SMILES string of the molecule is CCOC(=O)c1cnc(Oc2ccc(C3C[C@@H]4CC[C@H]3C4)cc2)c(F)c1. The molecule has 0 amide bonds. The zero-order valence-electron chi connectivity index (χ0n) is 14.8. The number of carbonyl (C=O) groups is 1.